The van der Waals surface area contributed by atoms with E-state index in [9.17, 15) is 19.8 Å². The molecule has 1 aromatic carbocycles. The van der Waals surface area contributed by atoms with Gasteiger partial charge in [-0.05, 0) is 19.1 Å². The van der Waals surface area contributed by atoms with Crippen LogP contribution in [0.2, 0.25) is 0 Å². The number of fused-ring (bicyclic) bond motifs is 1. The summed E-state index contributed by atoms with van der Waals surface area (Å²) in [4.78, 5) is 24.2. The van der Waals surface area contributed by atoms with Crippen molar-refractivity contribution in [3.63, 3.8) is 0 Å². The average Bonchev–Trinajstić information content (AvgIpc) is 2.99. The van der Waals surface area contributed by atoms with Gasteiger partial charge in [-0.25, -0.2) is 4.79 Å². The Morgan fingerprint density at radius 1 is 1.32 bits per heavy atom. The molecule has 118 valence electrons. The van der Waals surface area contributed by atoms with Gasteiger partial charge in [0, 0.05) is 0 Å². The molecule has 1 aromatic rings. The summed E-state index contributed by atoms with van der Waals surface area (Å²) in [6.07, 6.45) is -2.54. The van der Waals surface area contributed by atoms with Crippen LogP contribution in [0.3, 0.4) is 0 Å². The van der Waals surface area contributed by atoms with Crippen molar-refractivity contribution in [2.75, 3.05) is 13.2 Å². The van der Waals surface area contributed by atoms with Crippen molar-refractivity contribution in [3.8, 4) is 5.75 Å². The Bertz CT molecular complexity index is 601. The fourth-order valence-corrected chi connectivity index (χ4v) is 2.95. The van der Waals surface area contributed by atoms with Crippen molar-refractivity contribution in [2.45, 2.75) is 30.3 Å². The lowest BCUT2D eigenvalue weighted by atomic mass is 9.83. The highest BCUT2D eigenvalue weighted by Gasteiger charge is 2.71. The lowest BCUT2D eigenvalue weighted by Gasteiger charge is -2.29. The molecule has 3 rings (SSSR count). The van der Waals surface area contributed by atoms with E-state index in [2.05, 4.69) is 0 Å². The zero-order chi connectivity index (χ0) is 16.0. The summed E-state index contributed by atoms with van der Waals surface area (Å²) >= 11 is 0. The molecule has 0 aromatic heterocycles. The smallest absolute Gasteiger partial charge is 0.348 e. The molecule has 2 N–H and O–H groups in total. The minimum absolute atomic E-state index is 0.203. The molecule has 2 saturated heterocycles. The zero-order valence-corrected chi connectivity index (χ0v) is 11.9. The minimum atomic E-state index is -2.15. The summed E-state index contributed by atoms with van der Waals surface area (Å²) in [7, 11) is 0. The third kappa shape index (κ3) is 1.98. The quantitative estimate of drug-likeness (QED) is 0.570. The summed E-state index contributed by atoms with van der Waals surface area (Å²) < 4.78 is 15.7. The second kappa shape index (κ2) is 5.13. The van der Waals surface area contributed by atoms with Gasteiger partial charge < -0.3 is 24.4 Å². The number of aliphatic hydroxyl groups is 2. The number of aliphatic hydroxyl groups excluding tert-OH is 1. The number of carbonyl (C=O) groups is 2. The zero-order valence-electron chi connectivity index (χ0n) is 11.9. The third-order valence-corrected chi connectivity index (χ3v) is 4.13. The normalized spacial score (nSPS) is 36.9. The fourth-order valence-electron chi connectivity index (χ4n) is 2.95. The number of hydrogen-bond donors (Lipinski definition) is 2. The second-order valence-corrected chi connectivity index (χ2v) is 5.49. The maximum Gasteiger partial charge on any atom is 0.348 e. The highest BCUT2D eigenvalue weighted by atomic mass is 16.6. The van der Waals surface area contributed by atoms with Gasteiger partial charge in [0.1, 0.15) is 18.0 Å². The first-order valence-corrected chi connectivity index (χ1v) is 6.85. The molecular formula is C15H16O7. The van der Waals surface area contributed by atoms with Gasteiger partial charge in [-0.15, -0.1) is 0 Å². The molecule has 0 radical (unpaired) electrons. The van der Waals surface area contributed by atoms with E-state index in [0.717, 1.165) is 0 Å². The molecule has 0 spiro atoms. The largest absolute Gasteiger partial charge is 0.424 e. The number of benzene rings is 1. The van der Waals surface area contributed by atoms with Crippen LogP contribution >= 0.6 is 0 Å². The number of rotatable bonds is 3. The SMILES string of the molecule is CC(=O)[C@]12OC[C@](O)(C(=O)Oc3ccccc3)[C@H]1OC[C@@H]2O. The van der Waals surface area contributed by atoms with E-state index < -0.39 is 41.8 Å². The maximum atomic E-state index is 12.3. The molecule has 7 heteroatoms. The van der Waals surface area contributed by atoms with Crippen LogP contribution < -0.4 is 4.74 Å². The van der Waals surface area contributed by atoms with E-state index in [1.54, 1.807) is 30.3 Å². The van der Waals surface area contributed by atoms with E-state index in [1.165, 1.54) is 6.92 Å². The van der Waals surface area contributed by atoms with Crippen molar-refractivity contribution in [1.29, 1.82) is 0 Å². The number of para-hydroxylation sites is 1. The van der Waals surface area contributed by atoms with E-state index >= 15 is 0 Å². The summed E-state index contributed by atoms with van der Waals surface area (Å²) in [6, 6.07) is 8.21. The number of hydrogen-bond acceptors (Lipinski definition) is 7. The molecule has 0 amide bonds. The van der Waals surface area contributed by atoms with Crippen LogP contribution in [0.15, 0.2) is 30.3 Å². The Morgan fingerprint density at radius 2 is 2.00 bits per heavy atom. The lowest BCUT2D eigenvalue weighted by Crippen LogP contribution is -2.59. The Kier molecular flexibility index (Phi) is 3.53. The van der Waals surface area contributed by atoms with E-state index in [-0.39, 0.29) is 12.4 Å². The van der Waals surface area contributed by atoms with Gasteiger partial charge in [0.05, 0.1) is 13.2 Å². The highest BCUT2D eigenvalue weighted by molar-refractivity contribution is 5.92. The average molecular weight is 308 g/mol. The van der Waals surface area contributed by atoms with Crippen LogP contribution in [0.1, 0.15) is 6.92 Å². The number of Topliss-reactive ketones (excluding diaryl/α,β-unsaturated/α-hetero) is 1. The van der Waals surface area contributed by atoms with E-state index in [0.29, 0.717) is 0 Å². The molecule has 0 bridgehead atoms. The number of esters is 1. The molecule has 22 heavy (non-hydrogen) atoms. The van der Waals surface area contributed by atoms with Gasteiger partial charge in [-0.3, -0.25) is 4.79 Å². The Morgan fingerprint density at radius 3 is 2.64 bits per heavy atom. The van der Waals surface area contributed by atoms with Gasteiger partial charge in [0.2, 0.25) is 5.60 Å². The summed E-state index contributed by atoms with van der Waals surface area (Å²) in [6.45, 7) is 0.532. The number of ketones is 1. The molecule has 2 aliphatic rings. The van der Waals surface area contributed by atoms with Crippen LogP contribution in [0.4, 0.5) is 0 Å². The van der Waals surface area contributed by atoms with Gasteiger partial charge in [0.15, 0.2) is 11.4 Å². The maximum absolute atomic E-state index is 12.3. The Hall–Kier alpha value is -1.80. The molecule has 0 unspecified atom stereocenters. The monoisotopic (exact) mass is 308 g/mol. The van der Waals surface area contributed by atoms with Crippen molar-refractivity contribution >= 4 is 11.8 Å². The molecule has 0 aliphatic carbocycles. The predicted octanol–water partition coefficient (Wildman–Crippen LogP) is -0.559. The second-order valence-electron chi connectivity index (χ2n) is 5.49. The van der Waals surface area contributed by atoms with Crippen molar-refractivity contribution in [3.05, 3.63) is 30.3 Å². The standard InChI is InChI=1S/C15H16O7/c1-9(16)15-11(17)7-20-12(15)14(19,8-21-15)13(18)22-10-5-3-2-4-6-10/h2-6,11-12,17,19H,7-8H2,1H3/t11-,12+,14+,15+/m0/s1. The van der Waals surface area contributed by atoms with Gasteiger partial charge in [-0.1, -0.05) is 18.2 Å². The van der Waals surface area contributed by atoms with Crippen molar-refractivity contribution in [1.82, 2.24) is 0 Å². The van der Waals surface area contributed by atoms with Gasteiger partial charge in [0.25, 0.3) is 0 Å². The van der Waals surface area contributed by atoms with Crippen LogP contribution in [0.25, 0.3) is 0 Å². The van der Waals surface area contributed by atoms with Crippen LogP contribution in [-0.2, 0) is 19.1 Å². The van der Waals surface area contributed by atoms with Crippen molar-refractivity contribution < 1.29 is 34.0 Å². The fraction of sp³-hybridized carbons (Fsp3) is 0.467. The molecule has 2 heterocycles. The first-order valence-electron chi connectivity index (χ1n) is 6.85. The summed E-state index contributed by atoms with van der Waals surface area (Å²) in [5, 5.41) is 20.6. The topological polar surface area (TPSA) is 102 Å². The van der Waals surface area contributed by atoms with Gasteiger partial charge >= 0.3 is 5.97 Å². The lowest BCUT2D eigenvalue weighted by molar-refractivity contribution is -0.166. The molecule has 2 fully saturated rings. The van der Waals surface area contributed by atoms with Crippen LogP contribution in [0.5, 0.6) is 5.75 Å². The van der Waals surface area contributed by atoms with Crippen molar-refractivity contribution in [2.24, 2.45) is 0 Å². The molecular weight excluding hydrogens is 292 g/mol. The van der Waals surface area contributed by atoms with E-state index in [4.69, 9.17) is 14.2 Å². The van der Waals surface area contributed by atoms with E-state index in [1.807, 2.05) is 0 Å². The van der Waals surface area contributed by atoms with Crippen LogP contribution in [0, 0.1) is 0 Å². The first kappa shape index (κ1) is 15.1. The van der Waals surface area contributed by atoms with Gasteiger partial charge in [-0.2, -0.15) is 0 Å². The molecule has 2 aliphatic heterocycles. The third-order valence-electron chi connectivity index (χ3n) is 4.13. The Labute approximate surface area is 126 Å². The summed E-state index contributed by atoms with van der Waals surface area (Å²) in [5.74, 6) is -1.24. The number of carbonyl (C=O) groups excluding carboxylic acids is 2. The number of ether oxygens (including phenoxy) is 3. The highest BCUT2D eigenvalue weighted by Crippen LogP contribution is 2.44. The molecule has 7 nitrogen and oxygen atoms in total. The van der Waals surface area contributed by atoms with Crippen LogP contribution in [-0.4, -0.2) is 58.6 Å². The predicted molar refractivity (Wildman–Crippen MR) is 72.1 cm³/mol. The Balaban J connectivity index is 1.88. The minimum Gasteiger partial charge on any atom is -0.424 e. The molecule has 0 saturated carbocycles. The molecule has 4 atom stereocenters. The first-order chi connectivity index (χ1) is 10.4. The summed E-state index contributed by atoms with van der Waals surface area (Å²) in [5.41, 5.74) is -3.89.